The van der Waals surface area contributed by atoms with Gasteiger partial charge in [0.25, 0.3) is 0 Å². The van der Waals surface area contributed by atoms with Crippen molar-refractivity contribution in [2.75, 3.05) is 41.4 Å². The number of aliphatic hydroxyl groups is 3. The van der Waals surface area contributed by atoms with Crippen LogP contribution in [0.1, 0.15) is 41.5 Å². The molecule has 10 rings (SSSR count). The number of methoxy groups -OCH3 is 2. The number of Topliss-reactive ketones (excluding diaryl/α,β-unsaturated/α-hetero) is 1. The summed E-state index contributed by atoms with van der Waals surface area (Å²) in [6, 6.07) is 7.55. The Hall–Kier alpha value is -3.52. The maximum absolute atomic E-state index is 12.7. The molecule has 2 aromatic carbocycles. The van der Waals surface area contributed by atoms with Crippen molar-refractivity contribution >= 4 is 11.6 Å². The normalized spacial score (nSPS) is 40.4. The molecule has 4 aliphatic carbocycles. The van der Waals surface area contributed by atoms with Crippen molar-refractivity contribution in [1.29, 1.82) is 0 Å². The first kappa shape index (κ1) is 31.7. The molecule has 4 aliphatic heterocycles. The fraction of sp³-hybridized carbons (Fsp3) is 0.556. The van der Waals surface area contributed by atoms with Crippen LogP contribution in [0.4, 0.5) is 0 Å². The Bertz CT molecular complexity index is 1800. The average molecular weight is 663 g/mol. The van der Waals surface area contributed by atoms with Gasteiger partial charge in [0.15, 0.2) is 46.8 Å². The number of likely N-dealkylation sites (N-methyl/N-ethyl adjacent to an activating group) is 2. The van der Waals surface area contributed by atoms with E-state index in [0.29, 0.717) is 42.3 Å². The summed E-state index contributed by atoms with van der Waals surface area (Å²) in [6.07, 6.45) is 3.32. The number of rotatable bonds is 2. The Morgan fingerprint density at radius 3 is 1.96 bits per heavy atom. The molecule has 256 valence electrons. The number of ether oxygens (including phenoxy) is 4. The topological polar surface area (TPSA) is 170 Å². The zero-order valence-electron chi connectivity index (χ0n) is 27.5. The van der Waals surface area contributed by atoms with Crippen LogP contribution in [-0.2, 0) is 33.3 Å². The van der Waals surface area contributed by atoms with Gasteiger partial charge in [0.05, 0.1) is 31.2 Å². The Kier molecular flexibility index (Phi) is 6.63. The zero-order chi connectivity index (χ0) is 32.8. The van der Waals surface area contributed by atoms with Crippen molar-refractivity contribution in [3.8, 4) is 23.0 Å². The van der Waals surface area contributed by atoms with E-state index in [0.717, 1.165) is 41.8 Å². The maximum Gasteiger partial charge on any atom is 0.196 e. The van der Waals surface area contributed by atoms with Gasteiger partial charge in [-0.3, -0.25) is 14.5 Å². The molecular formula is C36H42N2O10. The largest absolute Gasteiger partial charge is 0.493 e. The molecule has 48 heavy (non-hydrogen) atoms. The molecule has 4 heterocycles. The van der Waals surface area contributed by atoms with Gasteiger partial charge < -0.3 is 44.6 Å². The number of carbonyl (C=O) groups is 2. The van der Waals surface area contributed by atoms with Gasteiger partial charge in [-0.1, -0.05) is 12.1 Å². The first-order valence-electron chi connectivity index (χ1n) is 16.5. The summed E-state index contributed by atoms with van der Waals surface area (Å²) in [6.45, 7) is 1.59. The fourth-order valence-corrected chi connectivity index (χ4v) is 11.0. The number of carbonyl (C=O) groups excluding carboxylic acids is 2. The molecule has 2 spiro atoms. The van der Waals surface area contributed by atoms with Crippen LogP contribution in [0.2, 0.25) is 0 Å². The van der Waals surface area contributed by atoms with Gasteiger partial charge >= 0.3 is 0 Å². The lowest BCUT2D eigenvalue weighted by atomic mass is 9.48. The van der Waals surface area contributed by atoms with E-state index in [1.165, 1.54) is 6.08 Å². The summed E-state index contributed by atoms with van der Waals surface area (Å²) < 4.78 is 23.1. The SMILES string of the molecule is COc1ccc2c3c1O[C@H]1C(=O)C=CC4(O)[C@@H](C2)N(C)CC[C@]314.COc1ccc2c3c1O[C@H]1C(=O)C[C@H](O)C4(O)[C@@H](C2)N(C)CC[C@]314.O. The molecule has 3 fully saturated rings. The molecule has 12 heteroatoms. The number of likely N-dealkylation sites (tertiary alicyclic amines) is 2. The lowest BCUT2D eigenvalue weighted by molar-refractivity contribution is -0.226. The molecule has 2 saturated heterocycles. The van der Waals surface area contributed by atoms with Crippen LogP contribution in [0.3, 0.4) is 0 Å². The van der Waals surface area contributed by atoms with Crippen LogP contribution < -0.4 is 18.9 Å². The molecule has 8 aliphatic rings. The Morgan fingerprint density at radius 2 is 1.33 bits per heavy atom. The second-order valence-corrected chi connectivity index (χ2v) is 14.7. The second-order valence-electron chi connectivity index (χ2n) is 14.7. The van der Waals surface area contributed by atoms with E-state index in [2.05, 4.69) is 15.9 Å². The van der Waals surface area contributed by atoms with Crippen LogP contribution in [-0.4, -0.2) is 125 Å². The van der Waals surface area contributed by atoms with Crippen LogP contribution in [0.5, 0.6) is 23.0 Å². The van der Waals surface area contributed by atoms with Crippen molar-refractivity contribution in [1.82, 2.24) is 9.80 Å². The molecule has 0 aromatic heterocycles. The molecule has 4 bridgehead atoms. The number of aliphatic hydroxyl groups excluding tert-OH is 1. The molecule has 2 unspecified atom stereocenters. The lowest BCUT2D eigenvalue weighted by Gasteiger charge is -2.63. The summed E-state index contributed by atoms with van der Waals surface area (Å²) in [5.41, 5.74) is 0.0808. The molecule has 2 aromatic rings. The molecule has 5 N–H and O–H groups in total. The Balaban J connectivity index is 0.000000137. The molecule has 9 atom stereocenters. The minimum atomic E-state index is -1.39. The average Bonchev–Trinajstić information content (AvgIpc) is 3.60. The molecule has 1 saturated carbocycles. The zero-order valence-corrected chi connectivity index (χ0v) is 27.5. The molecule has 0 amide bonds. The van der Waals surface area contributed by atoms with Crippen LogP contribution in [0, 0.1) is 0 Å². The predicted octanol–water partition coefficient (Wildman–Crippen LogP) is 0.0185. The monoisotopic (exact) mass is 662 g/mol. The first-order chi connectivity index (χ1) is 22.5. The summed E-state index contributed by atoms with van der Waals surface area (Å²) in [5, 5.41) is 34.2. The predicted molar refractivity (Wildman–Crippen MR) is 171 cm³/mol. The number of hydrogen-bond acceptors (Lipinski definition) is 11. The summed E-state index contributed by atoms with van der Waals surface area (Å²) in [5.74, 6) is 2.24. The molecular weight excluding hydrogens is 620 g/mol. The van der Waals surface area contributed by atoms with Gasteiger partial charge in [-0.2, -0.15) is 0 Å². The Labute approximate surface area is 278 Å². The van der Waals surface area contributed by atoms with Crippen molar-refractivity contribution < 1.29 is 49.3 Å². The third-order valence-corrected chi connectivity index (χ3v) is 13.1. The highest BCUT2D eigenvalue weighted by Crippen LogP contribution is 2.65. The van der Waals surface area contributed by atoms with Crippen molar-refractivity contribution in [3.63, 3.8) is 0 Å². The molecule has 0 radical (unpaired) electrons. The summed E-state index contributed by atoms with van der Waals surface area (Å²) in [4.78, 5) is 29.6. The van der Waals surface area contributed by atoms with E-state index in [9.17, 15) is 24.9 Å². The number of hydrogen-bond donors (Lipinski definition) is 3. The van der Waals surface area contributed by atoms with Crippen molar-refractivity contribution in [3.05, 3.63) is 58.7 Å². The quantitative estimate of drug-likeness (QED) is 0.396. The van der Waals surface area contributed by atoms with E-state index >= 15 is 0 Å². The van der Waals surface area contributed by atoms with Gasteiger partial charge in [0.2, 0.25) is 0 Å². The number of nitrogens with zero attached hydrogens (tertiary/aromatic N) is 2. The highest BCUT2D eigenvalue weighted by atomic mass is 16.5. The fourth-order valence-electron chi connectivity index (χ4n) is 11.0. The van der Waals surface area contributed by atoms with E-state index in [1.807, 2.05) is 32.3 Å². The van der Waals surface area contributed by atoms with Crippen LogP contribution in [0.15, 0.2) is 36.4 Å². The van der Waals surface area contributed by atoms with Crippen molar-refractivity contribution in [2.24, 2.45) is 0 Å². The maximum atomic E-state index is 12.7. The standard InChI is InChI=1S/C18H21NO5.C18H19NO4.H2O/c1-19-6-5-17-14-9-3-4-11(23-2)15(14)24-16(17)10(20)8-13(21)18(17,22)12(19)7-9;1-19-8-7-17-14-10-3-4-12(22-2)15(14)23-16(17)11(20)5-6-18(17,21)13(19)9-10;/h3-4,12-13,16,21-22H,5-8H2,1-2H3;3-6,13,16,21H,7-9H2,1-2H3;1H2/t12-,13+,16+,17+,18?;13-,16+,17+,18?;/m11./s1. The minimum Gasteiger partial charge on any atom is -0.493 e. The van der Waals surface area contributed by atoms with Gasteiger partial charge in [-0.05, 0) is 88.3 Å². The third kappa shape index (κ3) is 3.32. The van der Waals surface area contributed by atoms with Gasteiger partial charge in [0, 0.05) is 29.6 Å². The first-order valence-corrected chi connectivity index (χ1v) is 16.5. The van der Waals surface area contributed by atoms with Crippen LogP contribution >= 0.6 is 0 Å². The second kappa shape index (κ2) is 10.0. The number of ketones is 2. The molecule has 12 nitrogen and oxygen atoms in total. The number of benzene rings is 2. The highest BCUT2D eigenvalue weighted by Gasteiger charge is 2.76. The third-order valence-electron chi connectivity index (χ3n) is 13.1. The Morgan fingerprint density at radius 1 is 0.792 bits per heavy atom. The number of piperidine rings is 2. The van der Waals surface area contributed by atoms with Gasteiger partial charge in [0.1, 0.15) is 11.2 Å². The van der Waals surface area contributed by atoms with E-state index in [-0.39, 0.29) is 35.5 Å². The lowest BCUT2D eigenvalue weighted by Crippen LogP contribution is -2.80. The smallest absolute Gasteiger partial charge is 0.196 e. The van der Waals surface area contributed by atoms with E-state index in [4.69, 9.17) is 18.9 Å². The van der Waals surface area contributed by atoms with E-state index in [1.54, 1.807) is 20.3 Å². The minimum absolute atomic E-state index is 0. The van der Waals surface area contributed by atoms with Crippen LogP contribution in [0.25, 0.3) is 0 Å². The van der Waals surface area contributed by atoms with Gasteiger partial charge in [-0.25, -0.2) is 0 Å². The van der Waals surface area contributed by atoms with Gasteiger partial charge in [-0.15, -0.1) is 0 Å². The highest BCUT2D eigenvalue weighted by molar-refractivity contribution is 5.99. The summed E-state index contributed by atoms with van der Waals surface area (Å²) >= 11 is 0. The summed E-state index contributed by atoms with van der Waals surface area (Å²) in [7, 11) is 7.19. The van der Waals surface area contributed by atoms with Crippen molar-refractivity contribution in [2.45, 2.75) is 84.5 Å². The van der Waals surface area contributed by atoms with E-state index < -0.39 is 40.3 Å².